The van der Waals surface area contributed by atoms with Crippen LogP contribution in [0.1, 0.15) is 53.4 Å². The normalized spacial score (nSPS) is 23.2. The van der Waals surface area contributed by atoms with Crippen LogP contribution in [0.3, 0.4) is 0 Å². The van der Waals surface area contributed by atoms with Crippen LogP contribution in [0.4, 0.5) is 0 Å². The van der Waals surface area contributed by atoms with Gasteiger partial charge in [0.05, 0.1) is 12.0 Å². The maximum absolute atomic E-state index is 13.2. The highest BCUT2D eigenvalue weighted by Gasteiger charge is 2.39. The number of piperidine rings is 1. The highest BCUT2D eigenvalue weighted by Crippen LogP contribution is 2.23. The van der Waals surface area contributed by atoms with E-state index in [1.165, 1.54) is 0 Å². The number of carbonyl (C=O) groups is 3. The van der Waals surface area contributed by atoms with Gasteiger partial charge in [-0.25, -0.2) is 0 Å². The van der Waals surface area contributed by atoms with Crippen molar-refractivity contribution >= 4 is 17.8 Å². The Morgan fingerprint density at radius 1 is 1.11 bits per heavy atom. The van der Waals surface area contributed by atoms with Gasteiger partial charge in [0, 0.05) is 26.2 Å². The number of aliphatic carboxylic acids is 1. The summed E-state index contributed by atoms with van der Waals surface area (Å²) >= 11 is 0. The van der Waals surface area contributed by atoms with Crippen molar-refractivity contribution in [3.05, 3.63) is 0 Å². The number of carboxylic acid groups (broad SMARTS) is 1. The van der Waals surface area contributed by atoms with Gasteiger partial charge in [-0.05, 0) is 37.5 Å². The van der Waals surface area contributed by atoms with E-state index in [0.717, 1.165) is 6.42 Å². The summed E-state index contributed by atoms with van der Waals surface area (Å²) in [4.78, 5) is 41.0. The van der Waals surface area contributed by atoms with E-state index in [1.807, 2.05) is 0 Å². The monoisotopic (exact) mass is 381 g/mol. The van der Waals surface area contributed by atoms with Gasteiger partial charge in [0.15, 0.2) is 0 Å². The minimum Gasteiger partial charge on any atom is -0.481 e. The number of carbonyl (C=O) groups excluding carboxylic acids is 2. The van der Waals surface area contributed by atoms with Gasteiger partial charge in [-0.2, -0.15) is 0 Å². The molecular weight excluding hydrogens is 346 g/mol. The summed E-state index contributed by atoms with van der Waals surface area (Å²) in [5.74, 6) is -0.452. The molecule has 2 saturated heterocycles. The van der Waals surface area contributed by atoms with Crippen LogP contribution in [0.2, 0.25) is 0 Å². The molecule has 0 spiro atoms. The molecule has 0 saturated carbocycles. The zero-order valence-corrected chi connectivity index (χ0v) is 17.1. The highest BCUT2D eigenvalue weighted by atomic mass is 16.4. The molecule has 2 rings (SSSR count). The first-order chi connectivity index (χ1) is 12.7. The minimum absolute atomic E-state index is 0.0221. The molecule has 0 aliphatic carbocycles. The smallest absolute Gasteiger partial charge is 0.306 e. The first-order valence-corrected chi connectivity index (χ1v) is 10.3. The maximum atomic E-state index is 13.2. The van der Waals surface area contributed by atoms with Crippen LogP contribution >= 0.6 is 0 Å². The second-order valence-electron chi connectivity index (χ2n) is 8.75. The molecule has 2 N–H and O–H groups in total. The molecule has 0 aromatic rings. The van der Waals surface area contributed by atoms with Gasteiger partial charge in [0.2, 0.25) is 11.8 Å². The number of hydrogen-bond acceptors (Lipinski definition) is 4. The first-order valence-electron chi connectivity index (χ1n) is 10.3. The SMILES string of the molecule is CC(C)CC(C(=O)N1CCC(C(=O)O)CC1)N1CCN[C@@H](CC(C)C)C1=O. The third-order valence-electron chi connectivity index (χ3n) is 5.54. The molecule has 0 bridgehead atoms. The van der Waals surface area contributed by atoms with Crippen molar-refractivity contribution in [1.29, 1.82) is 0 Å². The fourth-order valence-corrected chi connectivity index (χ4v) is 4.09. The van der Waals surface area contributed by atoms with Crippen molar-refractivity contribution in [2.45, 2.75) is 65.5 Å². The lowest BCUT2D eigenvalue weighted by Gasteiger charge is -2.41. The topological polar surface area (TPSA) is 89.9 Å². The van der Waals surface area contributed by atoms with E-state index in [2.05, 4.69) is 33.0 Å². The Bertz CT molecular complexity index is 541. The van der Waals surface area contributed by atoms with Crippen molar-refractivity contribution in [3.8, 4) is 0 Å². The number of nitrogens with one attached hydrogen (secondary N) is 1. The zero-order valence-electron chi connectivity index (χ0n) is 17.1. The van der Waals surface area contributed by atoms with Crippen molar-refractivity contribution in [2.24, 2.45) is 17.8 Å². The molecule has 0 aromatic heterocycles. The lowest BCUT2D eigenvalue weighted by molar-refractivity contribution is -0.152. The maximum Gasteiger partial charge on any atom is 0.306 e. The number of carboxylic acids is 1. The Balaban J connectivity index is 2.11. The van der Waals surface area contributed by atoms with Crippen LogP contribution in [0.25, 0.3) is 0 Å². The molecule has 0 aromatic carbocycles. The highest BCUT2D eigenvalue weighted by molar-refractivity contribution is 5.90. The van der Waals surface area contributed by atoms with E-state index in [9.17, 15) is 14.4 Å². The molecule has 1 unspecified atom stereocenters. The van der Waals surface area contributed by atoms with E-state index in [4.69, 9.17) is 5.11 Å². The molecule has 2 aliphatic rings. The number of piperazine rings is 1. The molecule has 2 amide bonds. The fourth-order valence-electron chi connectivity index (χ4n) is 4.09. The first kappa shape index (κ1) is 21.7. The van der Waals surface area contributed by atoms with Crippen molar-refractivity contribution < 1.29 is 19.5 Å². The van der Waals surface area contributed by atoms with Gasteiger partial charge >= 0.3 is 5.97 Å². The summed E-state index contributed by atoms with van der Waals surface area (Å²) in [6, 6.07) is -0.672. The molecule has 154 valence electrons. The van der Waals surface area contributed by atoms with Gasteiger partial charge in [-0.1, -0.05) is 27.7 Å². The minimum atomic E-state index is -0.783. The predicted octanol–water partition coefficient (Wildman–Crippen LogP) is 1.57. The van der Waals surface area contributed by atoms with Gasteiger partial charge in [-0.15, -0.1) is 0 Å². The van der Waals surface area contributed by atoms with Crippen LogP contribution < -0.4 is 5.32 Å². The van der Waals surface area contributed by atoms with E-state index >= 15 is 0 Å². The molecular formula is C20H35N3O4. The number of nitrogens with zero attached hydrogens (tertiary/aromatic N) is 2. The number of rotatable bonds is 7. The predicted molar refractivity (Wildman–Crippen MR) is 103 cm³/mol. The number of amides is 2. The van der Waals surface area contributed by atoms with E-state index in [1.54, 1.807) is 9.80 Å². The molecule has 2 atom stereocenters. The average molecular weight is 382 g/mol. The Morgan fingerprint density at radius 3 is 2.26 bits per heavy atom. The number of likely N-dealkylation sites (tertiary alicyclic amines) is 1. The Labute approximate surface area is 162 Å². The van der Waals surface area contributed by atoms with Crippen molar-refractivity contribution in [1.82, 2.24) is 15.1 Å². The largest absolute Gasteiger partial charge is 0.481 e. The summed E-state index contributed by atoms with van der Waals surface area (Å²) in [6.45, 7) is 10.5. The standard InChI is InChI=1S/C20H35N3O4/c1-13(2)11-16-18(24)23(10-7-21-16)17(12-14(3)4)19(25)22-8-5-15(6-9-22)20(26)27/h13-17,21H,5-12H2,1-4H3,(H,26,27)/t16-,17?/m0/s1. The molecule has 2 heterocycles. The third kappa shape index (κ3) is 5.67. The van der Waals surface area contributed by atoms with Gasteiger partial charge < -0.3 is 20.2 Å². The van der Waals surface area contributed by atoms with Crippen LogP contribution in [0, 0.1) is 17.8 Å². The molecule has 0 radical (unpaired) electrons. The molecule has 2 aliphatic heterocycles. The van der Waals surface area contributed by atoms with Crippen LogP contribution in [0.15, 0.2) is 0 Å². The van der Waals surface area contributed by atoms with Crippen LogP contribution in [0.5, 0.6) is 0 Å². The van der Waals surface area contributed by atoms with Crippen LogP contribution in [-0.2, 0) is 14.4 Å². The lowest BCUT2D eigenvalue weighted by Crippen LogP contribution is -2.62. The summed E-state index contributed by atoms with van der Waals surface area (Å²) in [7, 11) is 0. The van der Waals surface area contributed by atoms with Crippen LogP contribution in [-0.4, -0.2) is 71.0 Å². The zero-order chi connectivity index (χ0) is 20.1. The summed E-state index contributed by atoms with van der Waals surface area (Å²) in [5, 5.41) is 12.5. The van der Waals surface area contributed by atoms with Gasteiger partial charge in [0.25, 0.3) is 0 Å². The average Bonchev–Trinajstić information content (AvgIpc) is 2.60. The van der Waals surface area contributed by atoms with E-state index < -0.39 is 12.0 Å². The van der Waals surface area contributed by atoms with E-state index in [0.29, 0.717) is 57.3 Å². The van der Waals surface area contributed by atoms with Gasteiger partial charge in [-0.3, -0.25) is 14.4 Å². The molecule has 27 heavy (non-hydrogen) atoms. The second-order valence-corrected chi connectivity index (χ2v) is 8.75. The van der Waals surface area contributed by atoms with Crippen molar-refractivity contribution in [2.75, 3.05) is 26.2 Å². The van der Waals surface area contributed by atoms with Gasteiger partial charge in [0.1, 0.15) is 6.04 Å². The lowest BCUT2D eigenvalue weighted by atomic mass is 9.94. The molecule has 7 heteroatoms. The fraction of sp³-hybridized carbons (Fsp3) is 0.850. The molecule has 2 fully saturated rings. The Morgan fingerprint density at radius 2 is 1.74 bits per heavy atom. The van der Waals surface area contributed by atoms with Crippen molar-refractivity contribution in [3.63, 3.8) is 0 Å². The molecule has 7 nitrogen and oxygen atoms in total. The Hall–Kier alpha value is -1.63. The summed E-state index contributed by atoms with van der Waals surface area (Å²) in [5.41, 5.74) is 0. The third-order valence-corrected chi connectivity index (χ3v) is 5.54. The Kier molecular flexibility index (Phi) is 7.65. The second kappa shape index (κ2) is 9.53. The number of hydrogen-bond donors (Lipinski definition) is 2. The van der Waals surface area contributed by atoms with E-state index in [-0.39, 0.29) is 23.8 Å². The summed E-state index contributed by atoms with van der Waals surface area (Å²) in [6.07, 6.45) is 2.38. The quantitative estimate of drug-likeness (QED) is 0.699. The summed E-state index contributed by atoms with van der Waals surface area (Å²) < 4.78 is 0.